The number of rotatable bonds is 2. The fourth-order valence-electron chi connectivity index (χ4n) is 0.717. The summed E-state index contributed by atoms with van der Waals surface area (Å²) in [5, 5.41) is 1.88. The minimum absolute atomic E-state index is 0. The largest absolute Gasteiger partial charge is 0.0876 e. The van der Waals surface area contributed by atoms with Crippen LogP contribution in [0.4, 0.5) is 0 Å². The van der Waals surface area contributed by atoms with Crippen molar-refractivity contribution in [1.29, 1.82) is 0 Å². The zero-order valence-corrected chi connectivity index (χ0v) is 8.65. The first-order valence-corrected chi connectivity index (χ1v) is 5.31. The topological polar surface area (TPSA) is 0 Å². The summed E-state index contributed by atoms with van der Waals surface area (Å²) in [6.45, 7) is 0. The second-order valence-corrected chi connectivity index (χ2v) is 3.21. The summed E-state index contributed by atoms with van der Waals surface area (Å²) in [6, 6.07) is 8.52. The molecule has 0 aliphatic heterocycles. The molecule has 11 heavy (non-hydrogen) atoms. The van der Waals surface area contributed by atoms with Crippen LogP contribution in [0.5, 0.6) is 0 Å². The second-order valence-electron chi connectivity index (χ2n) is 2.08. The SMILES string of the molecule is BrCc1ccc(CBr)cc1.C. The monoisotopic (exact) mass is 278 g/mol. The summed E-state index contributed by atoms with van der Waals surface area (Å²) in [5.74, 6) is 0. The molecule has 0 N–H and O–H groups in total. The van der Waals surface area contributed by atoms with E-state index in [1.165, 1.54) is 11.1 Å². The van der Waals surface area contributed by atoms with E-state index in [1.807, 2.05) is 0 Å². The lowest BCUT2D eigenvalue weighted by atomic mass is 10.2. The van der Waals surface area contributed by atoms with E-state index in [-0.39, 0.29) is 7.43 Å². The Hall–Kier alpha value is 0.180. The average Bonchev–Trinajstić information content (AvgIpc) is 2.05. The third-order valence-electron chi connectivity index (χ3n) is 1.33. The fraction of sp³-hybridized carbons (Fsp3) is 0.333. The summed E-state index contributed by atoms with van der Waals surface area (Å²) in [7, 11) is 0. The van der Waals surface area contributed by atoms with Crippen LogP contribution in [0.1, 0.15) is 18.6 Å². The van der Waals surface area contributed by atoms with E-state index in [4.69, 9.17) is 0 Å². The van der Waals surface area contributed by atoms with Crippen molar-refractivity contribution in [2.75, 3.05) is 0 Å². The van der Waals surface area contributed by atoms with Crippen LogP contribution < -0.4 is 0 Å². The van der Waals surface area contributed by atoms with Gasteiger partial charge in [-0.25, -0.2) is 0 Å². The number of hydrogen-bond donors (Lipinski definition) is 0. The zero-order chi connectivity index (χ0) is 7.40. The van der Waals surface area contributed by atoms with Crippen molar-refractivity contribution in [2.24, 2.45) is 0 Å². The van der Waals surface area contributed by atoms with Crippen LogP contribution in [-0.2, 0) is 10.7 Å². The lowest BCUT2D eigenvalue weighted by molar-refractivity contribution is 1.36. The van der Waals surface area contributed by atoms with Crippen LogP contribution in [0.15, 0.2) is 24.3 Å². The molecular formula is C9H12Br2. The molecule has 0 aromatic heterocycles. The van der Waals surface area contributed by atoms with Gasteiger partial charge in [-0.05, 0) is 11.1 Å². The van der Waals surface area contributed by atoms with Gasteiger partial charge in [0.05, 0.1) is 0 Å². The van der Waals surface area contributed by atoms with Gasteiger partial charge in [-0.2, -0.15) is 0 Å². The molecule has 1 aromatic carbocycles. The summed E-state index contributed by atoms with van der Waals surface area (Å²) >= 11 is 6.78. The van der Waals surface area contributed by atoms with E-state index in [2.05, 4.69) is 56.1 Å². The molecule has 0 spiro atoms. The highest BCUT2D eigenvalue weighted by Crippen LogP contribution is 2.09. The van der Waals surface area contributed by atoms with Gasteiger partial charge in [-0.1, -0.05) is 63.6 Å². The summed E-state index contributed by atoms with van der Waals surface area (Å²) in [6.07, 6.45) is 0. The van der Waals surface area contributed by atoms with Crippen LogP contribution in [0, 0.1) is 0 Å². The van der Waals surface area contributed by atoms with Crippen LogP contribution >= 0.6 is 31.9 Å². The highest BCUT2D eigenvalue weighted by molar-refractivity contribution is 9.08. The zero-order valence-electron chi connectivity index (χ0n) is 5.48. The standard InChI is InChI=1S/C8H8Br2.CH4/c9-5-7-1-2-8(6-10)4-3-7;/h1-4H,5-6H2;1H4. The van der Waals surface area contributed by atoms with E-state index in [9.17, 15) is 0 Å². The molecule has 0 unspecified atom stereocenters. The predicted octanol–water partition coefficient (Wildman–Crippen LogP) is 4.11. The Morgan fingerprint density at radius 2 is 1.09 bits per heavy atom. The quantitative estimate of drug-likeness (QED) is 0.715. The van der Waals surface area contributed by atoms with Gasteiger partial charge in [0.2, 0.25) is 0 Å². The normalized spacial score (nSPS) is 8.91. The van der Waals surface area contributed by atoms with Crippen molar-refractivity contribution in [3.63, 3.8) is 0 Å². The number of hydrogen-bond acceptors (Lipinski definition) is 0. The van der Waals surface area contributed by atoms with E-state index in [0.717, 1.165) is 10.7 Å². The molecule has 62 valence electrons. The Morgan fingerprint density at radius 1 is 0.818 bits per heavy atom. The van der Waals surface area contributed by atoms with Gasteiger partial charge in [0.1, 0.15) is 0 Å². The first-order chi connectivity index (χ1) is 4.86. The van der Waals surface area contributed by atoms with Crippen LogP contribution in [-0.4, -0.2) is 0 Å². The van der Waals surface area contributed by atoms with Crippen LogP contribution in [0.2, 0.25) is 0 Å². The number of benzene rings is 1. The highest BCUT2D eigenvalue weighted by atomic mass is 79.9. The molecule has 0 atom stereocenters. The van der Waals surface area contributed by atoms with Crippen LogP contribution in [0.25, 0.3) is 0 Å². The predicted molar refractivity (Wildman–Crippen MR) is 58.4 cm³/mol. The van der Waals surface area contributed by atoms with Gasteiger partial charge in [0.15, 0.2) is 0 Å². The molecule has 0 radical (unpaired) electrons. The Labute approximate surface area is 85.3 Å². The van der Waals surface area contributed by atoms with Crippen molar-refractivity contribution in [1.82, 2.24) is 0 Å². The molecule has 0 aliphatic rings. The Bertz CT molecular complexity index is 168. The van der Waals surface area contributed by atoms with Gasteiger partial charge in [0.25, 0.3) is 0 Å². The summed E-state index contributed by atoms with van der Waals surface area (Å²) in [5.41, 5.74) is 2.65. The number of alkyl halides is 2. The average molecular weight is 280 g/mol. The number of halogens is 2. The maximum Gasteiger partial charge on any atom is 0.0283 e. The van der Waals surface area contributed by atoms with Crippen molar-refractivity contribution in [3.05, 3.63) is 35.4 Å². The first-order valence-electron chi connectivity index (χ1n) is 3.06. The lowest BCUT2D eigenvalue weighted by Crippen LogP contribution is -1.78. The lowest BCUT2D eigenvalue weighted by Gasteiger charge is -1.96. The molecule has 1 aromatic rings. The minimum atomic E-state index is 0. The molecule has 0 amide bonds. The summed E-state index contributed by atoms with van der Waals surface area (Å²) in [4.78, 5) is 0. The third kappa shape index (κ3) is 3.39. The molecule has 0 saturated carbocycles. The Kier molecular flexibility index (Phi) is 5.88. The molecule has 1 rings (SSSR count). The van der Waals surface area contributed by atoms with Crippen molar-refractivity contribution in [2.45, 2.75) is 18.1 Å². The molecule has 0 bridgehead atoms. The van der Waals surface area contributed by atoms with Gasteiger partial charge < -0.3 is 0 Å². The molecule has 0 nitrogen and oxygen atoms in total. The van der Waals surface area contributed by atoms with E-state index in [1.54, 1.807) is 0 Å². The maximum atomic E-state index is 3.39. The smallest absolute Gasteiger partial charge is 0.0283 e. The first kappa shape index (κ1) is 11.2. The summed E-state index contributed by atoms with van der Waals surface area (Å²) < 4.78 is 0. The molecule has 0 saturated heterocycles. The van der Waals surface area contributed by atoms with Gasteiger partial charge >= 0.3 is 0 Å². The van der Waals surface area contributed by atoms with E-state index < -0.39 is 0 Å². The molecule has 0 fully saturated rings. The molecule has 2 heteroatoms. The van der Waals surface area contributed by atoms with Crippen molar-refractivity contribution in [3.8, 4) is 0 Å². The van der Waals surface area contributed by atoms with Crippen molar-refractivity contribution >= 4 is 31.9 Å². The van der Waals surface area contributed by atoms with Crippen molar-refractivity contribution < 1.29 is 0 Å². The van der Waals surface area contributed by atoms with Gasteiger partial charge in [-0.15, -0.1) is 0 Å². The van der Waals surface area contributed by atoms with E-state index in [0.29, 0.717) is 0 Å². The Balaban J connectivity index is 0.000001000. The fourth-order valence-corrected chi connectivity index (χ4v) is 1.47. The van der Waals surface area contributed by atoms with Gasteiger partial charge in [0, 0.05) is 10.7 Å². The minimum Gasteiger partial charge on any atom is -0.0876 e. The second kappa shape index (κ2) is 5.78. The molecular weight excluding hydrogens is 268 g/mol. The maximum absolute atomic E-state index is 3.39. The van der Waals surface area contributed by atoms with Gasteiger partial charge in [-0.3, -0.25) is 0 Å². The third-order valence-corrected chi connectivity index (χ3v) is 2.63. The molecule has 0 aliphatic carbocycles. The van der Waals surface area contributed by atoms with E-state index >= 15 is 0 Å². The Morgan fingerprint density at radius 3 is 1.27 bits per heavy atom. The highest BCUT2D eigenvalue weighted by Gasteiger charge is 1.89. The van der Waals surface area contributed by atoms with Crippen LogP contribution in [0.3, 0.4) is 0 Å². The molecule has 0 heterocycles.